The van der Waals surface area contributed by atoms with E-state index < -0.39 is 11.9 Å². The third-order valence-corrected chi connectivity index (χ3v) is 4.61. The average Bonchev–Trinajstić information content (AvgIpc) is 3.12. The number of benzene rings is 2. The fourth-order valence-corrected chi connectivity index (χ4v) is 3.05. The molecule has 1 atom stereocenters. The molecule has 0 saturated heterocycles. The van der Waals surface area contributed by atoms with Crippen molar-refractivity contribution in [3.05, 3.63) is 94.5 Å². The lowest BCUT2D eigenvalue weighted by Gasteiger charge is -2.13. The number of fused-ring (bicyclic) bond motifs is 1. The highest BCUT2D eigenvalue weighted by Gasteiger charge is 2.17. The molecule has 2 aromatic carbocycles. The second kappa shape index (κ2) is 7.39. The van der Waals surface area contributed by atoms with Gasteiger partial charge in [0.05, 0.1) is 0 Å². The van der Waals surface area contributed by atoms with E-state index in [2.05, 4.69) is 9.97 Å². The third-order valence-electron chi connectivity index (χ3n) is 4.36. The number of H-pyrrole nitrogens is 1. The van der Waals surface area contributed by atoms with E-state index in [0.717, 1.165) is 10.9 Å². The summed E-state index contributed by atoms with van der Waals surface area (Å²) < 4.78 is 20.0. The molecular weight excluding hydrogens is 367 g/mol. The average molecular weight is 383 g/mol. The number of aromatic amines is 1. The summed E-state index contributed by atoms with van der Waals surface area (Å²) >= 11 is 5.85. The van der Waals surface area contributed by atoms with Gasteiger partial charge in [-0.05, 0) is 47.5 Å². The van der Waals surface area contributed by atoms with E-state index in [1.165, 1.54) is 12.1 Å². The van der Waals surface area contributed by atoms with Gasteiger partial charge in [0.1, 0.15) is 18.4 Å². The smallest absolute Gasteiger partial charge is 0.165 e. The van der Waals surface area contributed by atoms with Gasteiger partial charge in [0.25, 0.3) is 0 Å². The predicted molar refractivity (Wildman–Crippen MR) is 102 cm³/mol. The Bertz CT molecular complexity index is 1080. The number of pyridine rings is 1. The maximum Gasteiger partial charge on any atom is 0.165 e. The Morgan fingerprint density at radius 3 is 2.74 bits per heavy atom. The van der Waals surface area contributed by atoms with Crippen LogP contribution in [0.15, 0.2) is 67.0 Å². The molecule has 2 heterocycles. The van der Waals surface area contributed by atoms with Crippen LogP contribution < -0.4 is 4.74 Å². The molecule has 0 amide bonds. The normalized spacial score (nSPS) is 12.3. The first-order chi connectivity index (χ1) is 13.1. The van der Waals surface area contributed by atoms with Crippen LogP contribution in [0.2, 0.25) is 5.02 Å². The molecule has 0 aliphatic heterocycles. The maximum absolute atomic E-state index is 14.5. The number of ether oxygens (including phenoxy) is 1. The molecule has 2 aromatic heterocycles. The highest BCUT2D eigenvalue weighted by atomic mass is 35.5. The first-order valence-corrected chi connectivity index (χ1v) is 8.76. The quantitative estimate of drug-likeness (QED) is 0.509. The van der Waals surface area contributed by atoms with Crippen molar-refractivity contribution in [3.63, 3.8) is 0 Å². The molecule has 0 aliphatic carbocycles. The molecule has 27 heavy (non-hydrogen) atoms. The van der Waals surface area contributed by atoms with E-state index in [1.54, 1.807) is 36.7 Å². The zero-order valence-electron chi connectivity index (χ0n) is 14.2. The Balaban J connectivity index is 1.53. The van der Waals surface area contributed by atoms with Gasteiger partial charge in [-0.3, -0.25) is 0 Å². The van der Waals surface area contributed by atoms with E-state index in [4.69, 9.17) is 16.3 Å². The number of aliphatic hydroxyl groups excluding tert-OH is 1. The van der Waals surface area contributed by atoms with Crippen LogP contribution in [0.5, 0.6) is 5.75 Å². The molecule has 136 valence electrons. The summed E-state index contributed by atoms with van der Waals surface area (Å²) in [6.45, 7) is 0.226. The fraction of sp³-hybridized carbons (Fsp3) is 0.0952. The second-order valence-corrected chi connectivity index (χ2v) is 6.59. The zero-order chi connectivity index (χ0) is 18.8. The standard InChI is InChI=1S/C21H16ClFN2O2/c22-15-6-3-13(4-7-15)12-27-19-8-5-14(10-18(19)23)20(26)17-11-25-21-16(17)2-1-9-24-21/h1-11,20,26H,12H2,(H,24,25). The van der Waals surface area contributed by atoms with Crippen LogP contribution in [-0.2, 0) is 6.61 Å². The molecule has 0 saturated carbocycles. The molecule has 0 radical (unpaired) electrons. The molecule has 0 aliphatic rings. The van der Waals surface area contributed by atoms with Crippen LogP contribution in [0, 0.1) is 5.82 Å². The molecule has 4 aromatic rings. The van der Waals surface area contributed by atoms with Crippen LogP contribution in [-0.4, -0.2) is 15.1 Å². The van der Waals surface area contributed by atoms with Crippen LogP contribution >= 0.6 is 11.6 Å². The third kappa shape index (κ3) is 3.65. The summed E-state index contributed by atoms with van der Waals surface area (Å²) in [7, 11) is 0. The SMILES string of the molecule is OC(c1ccc(OCc2ccc(Cl)cc2)c(F)c1)c1c[nH]c2ncccc12. The Hall–Kier alpha value is -2.89. The lowest BCUT2D eigenvalue weighted by molar-refractivity contribution is 0.220. The summed E-state index contributed by atoms with van der Waals surface area (Å²) in [6.07, 6.45) is 2.38. The zero-order valence-corrected chi connectivity index (χ0v) is 14.9. The predicted octanol–water partition coefficient (Wildman–Crippen LogP) is 5.02. The van der Waals surface area contributed by atoms with Gasteiger partial charge >= 0.3 is 0 Å². The lowest BCUT2D eigenvalue weighted by Crippen LogP contribution is -2.02. The number of halogens is 2. The summed E-state index contributed by atoms with van der Waals surface area (Å²) in [5, 5.41) is 12.1. The van der Waals surface area contributed by atoms with Crippen molar-refractivity contribution >= 4 is 22.6 Å². The Kier molecular flexibility index (Phi) is 4.79. The number of aliphatic hydroxyl groups is 1. The number of nitrogens with one attached hydrogen (secondary N) is 1. The van der Waals surface area contributed by atoms with Gasteiger partial charge in [-0.2, -0.15) is 0 Å². The van der Waals surface area contributed by atoms with Crippen molar-refractivity contribution in [1.29, 1.82) is 0 Å². The summed E-state index contributed by atoms with van der Waals surface area (Å²) in [6, 6.07) is 15.3. The molecule has 2 N–H and O–H groups in total. The second-order valence-electron chi connectivity index (χ2n) is 6.15. The van der Waals surface area contributed by atoms with Crippen molar-refractivity contribution in [2.75, 3.05) is 0 Å². The Morgan fingerprint density at radius 1 is 1.15 bits per heavy atom. The van der Waals surface area contributed by atoms with Gasteiger partial charge in [0, 0.05) is 28.4 Å². The largest absolute Gasteiger partial charge is 0.486 e. The highest BCUT2D eigenvalue weighted by Crippen LogP contribution is 2.30. The van der Waals surface area contributed by atoms with Crippen LogP contribution in [0.4, 0.5) is 4.39 Å². The minimum absolute atomic E-state index is 0.126. The van der Waals surface area contributed by atoms with Crippen molar-refractivity contribution in [1.82, 2.24) is 9.97 Å². The monoisotopic (exact) mass is 382 g/mol. The van der Waals surface area contributed by atoms with Gasteiger partial charge in [0.15, 0.2) is 11.6 Å². The van der Waals surface area contributed by atoms with Gasteiger partial charge < -0.3 is 14.8 Å². The summed E-state index contributed by atoms with van der Waals surface area (Å²) in [5.41, 5.74) is 2.65. The van der Waals surface area contributed by atoms with Crippen LogP contribution in [0.1, 0.15) is 22.8 Å². The molecule has 6 heteroatoms. The van der Waals surface area contributed by atoms with Crippen molar-refractivity contribution in [3.8, 4) is 5.75 Å². The van der Waals surface area contributed by atoms with E-state index >= 15 is 0 Å². The molecule has 4 rings (SSSR count). The topological polar surface area (TPSA) is 58.1 Å². The van der Waals surface area contributed by atoms with Gasteiger partial charge in [-0.25, -0.2) is 9.37 Å². The number of aromatic nitrogens is 2. The first kappa shape index (κ1) is 17.5. The molecule has 0 bridgehead atoms. The molecule has 4 nitrogen and oxygen atoms in total. The fourth-order valence-electron chi connectivity index (χ4n) is 2.93. The van der Waals surface area contributed by atoms with Crippen LogP contribution in [0.3, 0.4) is 0 Å². The molecule has 0 fully saturated rings. The molecular formula is C21H16ClFN2O2. The Labute approximate surface area is 160 Å². The Morgan fingerprint density at radius 2 is 1.96 bits per heavy atom. The van der Waals surface area contributed by atoms with E-state index in [1.807, 2.05) is 18.2 Å². The van der Waals surface area contributed by atoms with Gasteiger partial charge in [-0.1, -0.05) is 29.8 Å². The number of nitrogens with zero attached hydrogens (tertiary/aromatic N) is 1. The number of hydrogen-bond donors (Lipinski definition) is 2. The summed E-state index contributed by atoms with van der Waals surface area (Å²) in [4.78, 5) is 7.21. The highest BCUT2D eigenvalue weighted by molar-refractivity contribution is 6.30. The molecule has 0 spiro atoms. The maximum atomic E-state index is 14.5. The molecule has 1 unspecified atom stereocenters. The van der Waals surface area contributed by atoms with E-state index in [0.29, 0.717) is 21.8 Å². The van der Waals surface area contributed by atoms with Crippen LogP contribution in [0.25, 0.3) is 11.0 Å². The van der Waals surface area contributed by atoms with Crippen molar-refractivity contribution in [2.45, 2.75) is 12.7 Å². The van der Waals surface area contributed by atoms with E-state index in [-0.39, 0.29) is 12.4 Å². The van der Waals surface area contributed by atoms with E-state index in [9.17, 15) is 9.50 Å². The van der Waals surface area contributed by atoms with Gasteiger partial charge in [0.2, 0.25) is 0 Å². The first-order valence-electron chi connectivity index (χ1n) is 8.38. The minimum atomic E-state index is -0.970. The van der Waals surface area contributed by atoms with Crippen molar-refractivity contribution < 1.29 is 14.2 Å². The number of hydrogen-bond acceptors (Lipinski definition) is 3. The lowest BCUT2D eigenvalue weighted by atomic mass is 10.0. The summed E-state index contributed by atoms with van der Waals surface area (Å²) in [5.74, 6) is -0.403. The van der Waals surface area contributed by atoms with Gasteiger partial charge in [-0.15, -0.1) is 0 Å². The number of rotatable bonds is 5. The minimum Gasteiger partial charge on any atom is -0.486 e. The van der Waals surface area contributed by atoms with Crippen molar-refractivity contribution in [2.24, 2.45) is 0 Å².